The van der Waals surface area contributed by atoms with Crippen LogP contribution in [0, 0.1) is 23.6 Å². The van der Waals surface area contributed by atoms with Crippen LogP contribution in [-0.4, -0.2) is 11.0 Å². The molecule has 0 aliphatic heterocycles. The van der Waals surface area contributed by atoms with Crippen molar-refractivity contribution >= 4 is 5.97 Å². The van der Waals surface area contributed by atoms with E-state index in [1.54, 1.807) is 12.1 Å². The number of nitrogens with zero attached hydrogens (tertiary/aromatic N) is 1. The standard InChI is InChI=1S/C22H24F3NO2/c1-2-3-4-14-5-7-15(8-6-14)16-9-11-17(12-10-16)22(27)28-19-13-18(23)20(24)26-21(19)25/h9-15H,2-8H2,1H3/t14-,15-. The van der Waals surface area contributed by atoms with Gasteiger partial charge in [-0.3, -0.25) is 0 Å². The Kier molecular flexibility index (Phi) is 6.70. The van der Waals surface area contributed by atoms with E-state index in [1.807, 2.05) is 12.1 Å². The van der Waals surface area contributed by atoms with Crippen molar-refractivity contribution in [1.82, 2.24) is 4.98 Å². The Morgan fingerprint density at radius 3 is 2.39 bits per heavy atom. The van der Waals surface area contributed by atoms with Crippen LogP contribution in [0.4, 0.5) is 13.2 Å². The molecule has 0 atom stereocenters. The Bertz CT molecular complexity index is 815. The monoisotopic (exact) mass is 391 g/mol. The third-order valence-electron chi connectivity index (χ3n) is 5.49. The van der Waals surface area contributed by atoms with Crippen molar-refractivity contribution in [2.45, 2.75) is 57.8 Å². The number of rotatable bonds is 6. The van der Waals surface area contributed by atoms with Crippen LogP contribution in [0.1, 0.15) is 73.7 Å². The van der Waals surface area contributed by atoms with Crippen LogP contribution in [-0.2, 0) is 0 Å². The van der Waals surface area contributed by atoms with Crippen molar-refractivity contribution < 1.29 is 22.7 Å². The summed E-state index contributed by atoms with van der Waals surface area (Å²) in [5, 5.41) is 0. The molecule has 1 fully saturated rings. The maximum Gasteiger partial charge on any atom is 0.343 e. The lowest BCUT2D eigenvalue weighted by atomic mass is 9.77. The molecule has 0 saturated heterocycles. The fourth-order valence-corrected chi connectivity index (χ4v) is 3.83. The van der Waals surface area contributed by atoms with Gasteiger partial charge in [0.15, 0.2) is 11.6 Å². The highest BCUT2D eigenvalue weighted by Gasteiger charge is 2.22. The SMILES string of the molecule is CCCC[C@H]1CC[C@H](c2ccc(C(=O)Oc3cc(F)c(F)nc3F)cc2)CC1. The fraction of sp³-hybridized carbons (Fsp3) is 0.455. The summed E-state index contributed by atoms with van der Waals surface area (Å²) < 4.78 is 44.4. The van der Waals surface area contributed by atoms with E-state index in [0.29, 0.717) is 12.0 Å². The summed E-state index contributed by atoms with van der Waals surface area (Å²) in [7, 11) is 0. The summed E-state index contributed by atoms with van der Waals surface area (Å²) in [4.78, 5) is 14.9. The molecule has 6 heteroatoms. The summed E-state index contributed by atoms with van der Waals surface area (Å²) >= 11 is 0. The number of hydrogen-bond donors (Lipinski definition) is 0. The molecule has 1 aromatic carbocycles. The zero-order valence-corrected chi connectivity index (χ0v) is 15.9. The van der Waals surface area contributed by atoms with E-state index in [-0.39, 0.29) is 5.56 Å². The third kappa shape index (κ3) is 4.91. The van der Waals surface area contributed by atoms with E-state index in [4.69, 9.17) is 4.74 Å². The molecule has 28 heavy (non-hydrogen) atoms. The van der Waals surface area contributed by atoms with Crippen LogP contribution >= 0.6 is 0 Å². The first kappa shape index (κ1) is 20.4. The number of esters is 1. The van der Waals surface area contributed by atoms with Crippen LogP contribution < -0.4 is 4.74 Å². The van der Waals surface area contributed by atoms with Gasteiger partial charge in [-0.05, 0) is 55.2 Å². The summed E-state index contributed by atoms with van der Waals surface area (Å²) in [6.07, 6.45) is 8.59. The molecule has 1 aliphatic rings. The van der Waals surface area contributed by atoms with Gasteiger partial charge in [0.1, 0.15) is 0 Å². The van der Waals surface area contributed by atoms with Crippen LogP contribution in [0.15, 0.2) is 30.3 Å². The first-order valence-corrected chi connectivity index (χ1v) is 9.81. The molecule has 2 aromatic rings. The highest BCUT2D eigenvalue weighted by Crippen LogP contribution is 2.37. The summed E-state index contributed by atoms with van der Waals surface area (Å²) in [6, 6.07) is 7.47. The fourth-order valence-electron chi connectivity index (χ4n) is 3.83. The topological polar surface area (TPSA) is 39.2 Å². The average Bonchev–Trinajstić information content (AvgIpc) is 2.71. The molecule has 1 aromatic heterocycles. The predicted octanol–water partition coefficient (Wildman–Crippen LogP) is 6.18. The first-order valence-electron chi connectivity index (χ1n) is 9.81. The minimum Gasteiger partial charge on any atom is -0.418 e. The molecule has 0 unspecified atom stereocenters. The van der Waals surface area contributed by atoms with Gasteiger partial charge in [0, 0.05) is 6.07 Å². The summed E-state index contributed by atoms with van der Waals surface area (Å²) in [5.74, 6) is -4.61. The van der Waals surface area contributed by atoms with E-state index in [0.717, 1.165) is 18.8 Å². The van der Waals surface area contributed by atoms with Crippen LogP contribution in [0.3, 0.4) is 0 Å². The van der Waals surface area contributed by atoms with Gasteiger partial charge in [0.25, 0.3) is 11.9 Å². The number of hydrogen-bond acceptors (Lipinski definition) is 3. The van der Waals surface area contributed by atoms with E-state index >= 15 is 0 Å². The molecule has 150 valence electrons. The number of ether oxygens (including phenoxy) is 1. The second-order valence-corrected chi connectivity index (χ2v) is 7.42. The van der Waals surface area contributed by atoms with Crippen molar-refractivity contribution in [2.75, 3.05) is 0 Å². The second-order valence-electron chi connectivity index (χ2n) is 7.42. The Balaban J connectivity index is 1.60. The minimum absolute atomic E-state index is 0.213. The van der Waals surface area contributed by atoms with Crippen LogP contribution in [0.25, 0.3) is 0 Å². The van der Waals surface area contributed by atoms with Crippen LogP contribution in [0.2, 0.25) is 0 Å². The Morgan fingerprint density at radius 2 is 1.75 bits per heavy atom. The number of aromatic nitrogens is 1. The highest BCUT2D eigenvalue weighted by molar-refractivity contribution is 5.91. The van der Waals surface area contributed by atoms with Gasteiger partial charge in [-0.1, -0.05) is 38.3 Å². The lowest BCUT2D eigenvalue weighted by Gasteiger charge is -2.28. The molecule has 0 amide bonds. The number of benzene rings is 1. The molecule has 1 saturated carbocycles. The van der Waals surface area contributed by atoms with Crippen molar-refractivity contribution in [3.05, 3.63) is 59.2 Å². The third-order valence-corrected chi connectivity index (χ3v) is 5.49. The zero-order valence-electron chi connectivity index (χ0n) is 15.9. The van der Waals surface area contributed by atoms with Gasteiger partial charge in [0.05, 0.1) is 5.56 Å². The average molecular weight is 391 g/mol. The molecule has 3 rings (SSSR count). The molecular weight excluding hydrogens is 367 g/mol. The van der Waals surface area contributed by atoms with Gasteiger partial charge >= 0.3 is 5.97 Å². The molecule has 0 bridgehead atoms. The zero-order chi connectivity index (χ0) is 20.1. The smallest absolute Gasteiger partial charge is 0.343 e. The molecule has 0 radical (unpaired) electrons. The molecule has 0 N–H and O–H groups in total. The van der Waals surface area contributed by atoms with Gasteiger partial charge in [0.2, 0.25) is 0 Å². The Hall–Kier alpha value is -2.37. The van der Waals surface area contributed by atoms with Crippen molar-refractivity contribution in [3.8, 4) is 5.75 Å². The van der Waals surface area contributed by atoms with E-state index in [9.17, 15) is 18.0 Å². The van der Waals surface area contributed by atoms with E-state index < -0.39 is 29.4 Å². The number of pyridine rings is 1. The molecule has 1 heterocycles. The van der Waals surface area contributed by atoms with Gasteiger partial charge < -0.3 is 4.74 Å². The van der Waals surface area contributed by atoms with E-state index in [1.165, 1.54) is 37.7 Å². The van der Waals surface area contributed by atoms with E-state index in [2.05, 4.69) is 11.9 Å². The molecule has 0 spiro atoms. The largest absolute Gasteiger partial charge is 0.418 e. The van der Waals surface area contributed by atoms with Gasteiger partial charge in [-0.15, -0.1) is 0 Å². The quantitative estimate of drug-likeness (QED) is 0.436. The van der Waals surface area contributed by atoms with Crippen molar-refractivity contribution in [1.29, 1.82) is 0 Å². The van der Waals surface area contributed by atoms with Crippen LogP contribution in [0.5, 0.6) is 5.75 Å². The maximum atomic E-state index is 13.5. The molecule has 3 nitrogen and oxygen atoms in total. The predicted molar refractivity (Wildman–Crippen MR) is 99.7 cm³/mol. The highest BCUT2D eigenvalue weighted by atomic mass is 19.2. The number of halogens is 3. The maximum absolute atomic E-state index is 13.5. The number of carbonyl (C=O) groups excluding carboxylic acids is 1. The lowest BCUT2D eigenvalue weighted by Crippen LogP contribution is -2.14. The Labute approximate surface area is 162 Å². The minimum atomic E-state index is -1.58. The summed E-state index contributed by atoms with van der Waals surface area (Å²) in [5.41, 5.74) is 1.38. The lowest BCUT2D eigenvalue weighted by molar-refractivity contribution is 0.0724. The number of unbranched alkanes of at least 4 members (excludes halogenated alkanes) is 1. The normalized spacial score (nSPS) is 19.4. The van der Waals surface area contributed by atoms with Crippen molar-refractivity contribution in [3.63, 3.8) is 0 Å². The Morgan fingerprint density at radius 1 is 1.07 bits per heavy atom. The molecule has 1 aliphatic carbocycles. The summed E-state index contributed by atoms with van der Waals surface area (Å²) in [6.45, 7) is 2.22. The number of carbonyl (C=O) groups is 1. The van der Waals surface area contributed by atoms with Gasteiger partial charge in [-0.25, -0.2) is 9.18 Å². The molecular formula is C22H24F3NO2. The second kappa shape index (κ2) is 9.22. The first-order chi connectivity index (χ1) is 13.5. The van der Waals surface area contributed by atoms with Crippen molar-refractivity contribution in [2.24, 2.45) is 5.92 Å². The van der Waals surface area contributed by atoms with Gasteiger partial charge in [-0.2, -0.15) is 13.8 Å².